The molecule has 4 aromatic rings. The van der Waals surface area contributed by atoms with Crippen molar-refractivity contribution in [1.29, 1.82) is 0 Å². The van der Waals surface area contributed by atoms with Crippen LogP contribution in [0.4, 0.5) is 5.69 Å². The summed E-state index contributed by atoms with van der Waals surface area (Å²) in [5.41, 5.74) is 2.92. The first-order chi connectivity index (χ1) is 13.2. The summed E-state index contributed by atoms with van der Waals surface area (Å²) in [7, 11) is 0. The fourth-order valence-corrected chi connectivity index (χ4v) is 2.76. The molecule has 27 heavy (non-hydrogen) atoms. The second kappa shape index (κ2) is 7.25. The van der Waals surface area contributed by atoms with Gasteiger partial charge in [-0.3, -0.25) is 14.8 Å². The number of amides is 1. The number of rotatable bonds is 4. The molecule has 0 radical (unpaired) electrons. The number of aryl methyl sites for hydroxylation is 1. The molecule has 0 bridgehead atoms. The molecule has 2 heterocycles. The minimum absolute atomic E-state index is 0.196. The molecule has 4 rings (SSSR count). The predicted molar refractivity (Wildman–Crippen MR) is 105 cm³/mol. The molecule has 132 valence electrons. The first-order valence-electron chi connectivity index (χ1n) is 8.55. The van der Waals surface area contributed by atoms with E-state index in [-0.39, 0.29) is 5.91 Å². The van der Waals surface area contributed by atoms with E-state index < -0.39 is 0 Å². The van der Waals surface area contributed by atoms with Crippen molar-refractivity contribution < 1.29 is 9.53 Å². The molecule has 0 aliphatic heterocycles. The van der Waals surface area contributed by atoms with Crippen molar-refractivity contribution >= 4 is 22.5 Å². The zero-order valence-electron chi connectivity index (χ0n) is 14.7. The summed E-state index contributed by atoms with van der Waals surface area (Å²) in [6.45, 7) is 1.93. The summed E-state index contributed by atoms with van der Waals surface area (Å²) < 4.78 is 5.70. The summed E-state index contributed by atoms with van der Waals surface area (Å²) in [5, 5.41) is 3.93. The summed E-state index contributed by atoms with van der Waals surface area (Å²) >= 11 is 0. The lowest BCUT2D eigenvalue weighted by Gasteiger charge is -2.10. The van der Waals surface area contributed by atoms with Gasteiger partial charge in [0.2, 0.25) is 0 Å². The Labute approximate surface area is 156 Å². The monoisotopic (exact) mass is 355 g/mol. The van der Waals surface area contributed by atoms with E-state index in [1.807, 2.05) is 43.3 Å². The number of nitrogens with zero attached hydrogens (tertiary/aromatic N) is 2. The molecule has 5 heteroatoms. The van der Waals surface area contributed by atoms with Crippen LogP contribution in [-0.2, 0) is 0 Å². The molecule has 0 fully saturated rings. The van der Waals surface area contributed by atoms with Crippen molar-refractivity contribution in [2.45, 2.75) is 6.92 Å². The van der Waals surface area contributed by atoms with Gasteiger partial charge in [-0.15, -0.1) is 0 Å². The molecule has 2 aromatic heterocycles. The number of para-hydroxylation sites is 1. The van der Waals surface area contributed by atoms with Gasteiger partial charge in [0.1, 0.15) is 11.5 Å². The molecule has 0 atom stereocenters. The molecule has 0 aliphatic rings. The van der Waals surface area contributed by atoms with E-state index in [0.717, 1.165) is 16.6 Å². The Bertz CT molecular complexity index is 1090. The number of fused-ring (bicyclic) bond motifs is 1. The Hall–Kier alpha value is -3.73. The van der Waals surface area contributed by atoms with Gasteiger partial charge in [0.05, 0.1) is 17.4 Å². The van der Waals surface area contributed by atoms with Gasteiger partial charge < -0.3 is 10.1 Å². The third kappa shape index (κ3) is 3.77. The average Bonchev–Trinajstić information content (AvgIpc) is 2.70. The van der Waals surface area contributed by atoms with E-state index in [1.54, 1.807) is 42.7 Å². The van der Waals surface area contributed by atoms with E-state index in [0.29, 0.717) is 22.7 Å². The first-order valence-corrected chi connectivity index (χ1v) is 8.55. The standard InChI is InChI=1S/C22H17N3O2/c1-15-7-8-16-4-2-6-20(21(16)24-15)25-22(26)17-9-11-18(12-10-17)27-19-5-3-13-23-14-19/h2-14H,1H3,(H,25,26). The van der Waals surface area contributed by atoms with Crippen LogP contribution in [0.3, 0.4) is 0 Å². The molecule has 1 amide bonds. The van der Waals surface area contributed by atoms with Crippen LogP contribution in [0, 0.1) is 6.92 Å². The molecule has 0 spiro atoms. The topological polar surface area (TPSA) is 64.1 Å². The maximum atomic E-state index is 12.6. The molecule has 0 aliphatic carbocycles. The minimum atomic E-state index is -0.196. The van der Waals surface area contributed by atoms with Gasteiger partial charge in [-0.05, 0) is 55.5 Å². The molecule has 1 N–H and O–H groups in total. The molecule has 5 nitrogen and oxygen atoms in total. The highest BCUT2D eigenvalue weighted by atomic mass is 16.5. The van der Waals surface area contributed by atoms with Crippen molar-refractivity contribution in [3.8, 4) is 11.5 Å². The Morgan fingerprint density at radius 3 is 2.56 bits per heavy atom. The summed E-state index contributed by atoms with van der Waals surface area (Å²) in [4.78, 5) is 21.2. The van der Waals surface area contributed by atoms with Crippen LogP contribution in [0.5, 0.6) is 11.5 Å². The number of carbonyl (C=O) groups excluding carboxylic acids is 1. The van der Waals surface area contributed by atoms with Crippen LogP contribution in [0.25, 0.3) is 10.9 Å². The van der Waals surface area contributed by atoms with Gasteiger partial charge in [-0.25, -0.2) is 0 Å². The fraction of sp³-hybridized carbons (Fsp3) is 0.0455. The van der Waals surface area contributed by atoms with Gasteiger partial charge in [0, 0.05) is 22.8 Å². The van der Waals surface area contributed by atoms with Crippen molar-refractivity contribution in [3.63, 3.8) is 0 Å². The average molecular weight is 355 g/mol. The summed E-state index contributed by atoms with van der Waals surface area (Å²) in [6.07, 6.45) is 3.32. The second-order valence-electron chi connectivity index (χ2n) is 6.10. The highest BCUT2D eigenvalue weighted by Crippen LogP contribution is 2.24. The van der Waals surface area contributed by atoms with E-state index in [1.165, 1.54) is 0 Å². The van der Waals surface area contributed by atoms with Gasteiger partial charge in [0.25, 0.3) is 5.91 Å². The van der Waals surface area contributed by atoms with Crippen molar-refractivity contribution in [2.75, 3.05) is 5.32 Å². The SMILES string of the molecule is Cc1ccc2cccc(NC(=O)c3ccc(Oc4cccnc4)cc3)c2n1. The lowest BCUT2D eigenvalue weighted by molar-refractivity contribution is 0.102. The van der Waals surface area contributed by atoms with Gasteiger partial charge in [-0.2, -0.15) is 0 Å². The Kier molecular flexibility index (Phi) is 4.49. The molecule has 0 unspecified atom stereocenters. The number of aromatic nitrogens is 2. The summed E-state index contributed by atoms with van der Waals surface area (Å²) in [5.74, 6) is 1.09. The highest BCUT2D eigenvalue weighted by molar-refractivity contribution is 6.08. The number of hydrogen-bond donors (Lipinski definition) is 1. The van der Waals surface area contributed by atoms with E-state index in [4.69, 9.17) is 4.74 Å². The third-order valence-corrected chi connectivity index (χ3v) is 4.09. The van der Waals surface area contributed by atoms with Crippen LogP contribution >= 0.6 is 0 Å². The third-order valence-electron chi connectivity index (χ3n) is 4.09. The lowest BCUT2D eigenvalue weighted by Crippen LogP contribution is -2.12. The van der Waals surface area contributed by atoms with Crippen molar-refractivity contribution in [3.05, 3.63) is 90.4 Å². The lowest BCUT2D eigenvalue weighted by atomic mass is 10.1. The highest BCUT2D eigenvalue weighted by Gasteiger charge is 2.10. The van der Waals surface area contributed by atoms with Gasteiger partial charge >= 0.3 is 0 Å². The molecular formula is C22H17N3O2. The molecule has 2 aromatic carbocycles. The van der Waals surface area contributed by atoms with Crippen molar-refractivity contribution in [2.24, 2.45) is 0 Å². The number of anilines is 1. The maximum Gasteiger partial charge on any atom is 0.255 e. The number of pyridine rings is 2. The minimum Gasteiger partial charge on any atom is -0.456 e. The molecule has 0 saturated heterocycles. The Morgan fingerprint density at radius 1 is 0.926 bits per heavy atom. The van der Waals surface area contributed by atoms with Crippen LogP contribution < -0.4 is 10.1 Å². The van der Waals surface area contributed by atoms with Crippen LogP contribution in [0.2, 0.25) is 0 Å². The Morgan fingerprint density at radius 2 is 1.78 bits per heavy atom. The van der Waals surface area contributed by atoms with E-state index >= 15 is 0 Å². The Balaban J connectivity index is 1.53. The predicted octanol–water partition coefficient (Wildman–Crippen LogP) is 4.98. The normalized spacial score (nSPS) is 10.6. The maximum absolute atomic E-state index is 12.6. The van der Waals surface area contributed by atoms with E-state index in [9.17, 15) is 4.79 Å². The fourth-order valence-electron chi connectivity index (χ4n) is 2.76. The molecular weight excluding hydrogens is 338 g/mol. The van der Waals surface area contributed by atoms with Crippen LogP contribution in [-0.4, -0.2) is 15.9 Å². The largest absolute Gasteiger partial charge is 0.456 e. The quantitative estimate of drug-likeness (QED) is 0.560. The van der Waals surface area contributed by atoms with Gasteiger partial charge in [0.15, 0.2) is 0 Å². The number of ether oxygens (including phenoxy) is 1. The smallest absolute Gasteiger partial charge is 0.255 e. The zero-order valence-corrected chi connectivity index (χ0v) is 14.7. The molecule has 0 saturated carbocycles. The van der Waals surface area contributed by atoms with Crippen LogP contribution in [0.15, 0.2) is 79.1 Å². The zero-order chi connectivity index (χ0) is 18.6. The number of carbonyl (C=O) groups is 1. The number of hydrogen-bond acceptors (Lipinski definition) is 4. The van der Waals surface area contributed by atoms with Crippen LogP contribution in [0.1, 0.15) is 16.1 Å². The number of benzene rings is 2. The van der Waals surface area contributed by atoms with E-state index in [2.05, 4.69) is 15.3 Å². The summed E-state index contributed by atoms with van der Waals surface area (Å²) in [6, 6.07) is 20.3. The first kappa shape index (κ1) is 16.7. The second-order valence-corrected chi connectivity index (χ2v) is 6.10. The van der Waals surface area contributed by atoms with Gasteiger partial charge in [-0.1, -0.05) is 18.2 Å². The number of nitrogens with one attached hydrogen (secondary N) is 1. The van der Waals surface area contributed by atoms with Crippen molar-refractivity contribution in [1.82, 2.24) is 9.97 Å².